The lowest BCUT2D eigenvalue weighted by atomic mass is 10.1. The number of hydrogen-bond donors (Lipinski definition) is 1. The van der Waals surface area contributed by atoms with E-state index in [9.17, 15) is 13.2 Å². The number of carbonyl (C=O) groups is 1. The molecular formula is C24H21N3O5S2. The van der Waals surface area contributed by atoms with E-state index < -0.39 is 16.0 Å². The molecule has 4 aromatic rings. The first-order valence-electron chi connectivity index (χ1n) is 10.2. The number of thioether (sulfide) groups is 1. The summed E-state index contributed by atoms with van der Waals surface area (Å²) in [5, 5.41) is 4.01. The Labute approximate surface area is 201 Å². The number of anilines is 1. The standard InChI is InChI=1S/C24H21N3O5S2/c1-16-8-13-20(14-21(16)24(28)31-2)34(29,30)27-18-9-11-19(12-10-18)33-15-22-25-23(32-26-22)17-6-4-3-5-7-17/h3-14,27H,15H2,1-2H3. The fraction of sp³-hybridized carbons (Fsp3) is 0.125. The molecule has 0 fully saturated rings. The lowest BCUT2D eigenvalue weighted by Gasteiger charge is -2.11. The monoisotopic (exact) mass is 495 g/mol. The topological polar surface area (TPSA) is 111 Å². The third kappa shape index (κ3) is 5.46. The van der Waals surface area contributed by atoms with Crippen LogP contribution in [0, 0.1) is 6.92 Å². The zero-order valence-electron chi connectivity index (χ0n) is 18.4. The Morgan fingerprint density at radius 3 is 2.50 bits per heavy atom. The second-order valence-electron chi connectivity index (χ2n) is 7.27. The maximum atomic E-state index is 12.8. The molecule has 1 N–H and O–H groups in total. The maximum absolute atomic E-state index is 12.8. The second kappa shape index (κ2) is 10.1. The zero-order chi connectivity index (χ0) is 24.1. The molecule has 0 atom stereocenters. The Hall–Kier alpha value is -3.63. The molecule has 3 aromatic carbocycles. The Kier molecular flexibility index (Phi) is 6.99. The molecule has 8 nitrogen and oxygen atoms in total. The van der Waals surface area contributed by atoms with Crippen LogP contribution in [-0.2, 0) is 20.5 Å². The van der Waals surface area contributed by atoms with Crippen molar-refractivity contribution in [3.8, 4) is 11.5 Å². The highest BCUT2D eigenvalue weighted by molar-refractivity contribution is 7.98. The van der Waals surface area contributed by atoms with Crippen molar-refractivity contribution in [2.24, 2.45) is 0 Å². The van der Waals surface area contributed by atoms with Crippen LogP contribution in [0.5, 0.6) is 0 Å². The average molecular weight is 496 g/mol. The summed E-state index contributed by atoms with van der Waals surface area (Å²) in [7, 11) is -2.63. The number of sulfonamides is 1. The lowest BCUT2D eigenvalue weighted by Crippen LogP contribution is -2.14. The van der Waals surface area contributed by atoms with Crippen molar-refractivity contribution in [1.29, 1.82) is 0 Å². The first kappa shape index (κ1) is 23.5. The SMILES string of the molecule is COC(=O)c1cc(S(=O)(=O)Nc2ccc(SCc3noc(-c4ccccc4)n3)cc2)ccc1C. The van der Waals surface area contributed by atoms with Gasteiger partial charge < -0.3 is 9.26 Å². The van der Waals surface area contributed by atoms with Gasteiger partial charge in [-0.2, -0.15) is 4.98 Å². The molecule has 1 aromatic heterocycles. The normalized spacial score (nSPS) is 11.2. The Bertz CT molecular complexity index is 1400. The van der Waals surface area contributed by atoms with Crippen molar-refractivity contribution in [3.63, 3.8) is 0 Å². The average Bonchev–Trinajstić information content (AvgIpc) is 3.33. The van der Waals surface area contributed by atoms with Gasteiger partial charge in [0, 0.05) is 16.1 Å². The molecule has 1 heterocycles. The van der Waals surface area contributed by atoms with E-state index in [1.807, 2.05) is 30.3 Å². The number of hydrogen-bond acceptors (Lipinski definition) is 8. The molecule has 10 heteroatoms. The van der Waals surface area contributed by atoms with Crippen molar-refractivity contribution in [1.82, 2.24) is 10.1 Å². The van der Waals surface area contributed by atoms with E-state index in [1.54, 1.807) is 37.3 Å². The number of benzene rings is 3. The molecule has 0 amide bonds. The highest BCUT2D eigenvalue weighted by atomic mass is 32.2. The van der Waals surface area contributed by atoms with Crippen molar-refractivity contribution in [2.45, 2.75) is 22.5 Å². The van der Waals surface area contributed by atoms with Crippen LogP contribution in [0.25, 0.3) is 11.5 Å². The minimum absolute atomic E-state index is 0.0247. The van der Waals surface area contributed by atoms with E-state index in [1.165, 1.54) is 31.0 Å². The number of aromatic nitrogens is 2. The number of aryl methyl sites for hydroxylation is 1. The molecule has 0 radical (unpaired) electrons. The summed E-state index contributed by atoms with van der Waals surface area (Å²) >= 11 is 1.50. The molecule has 0 saturated heterocycles. The van der Waals surface area contributed by atoms with Gasteiger partial charge in [-0.25, -0.2) is 13.2 Å². The van der Waals surface area contributed by atoms with E-state index in [-0.39, 0.29) is 10.5 Å². The zero-order valence-corrected chi connectivity index (χ0v) is 20.0. The van der Waals surface area contributed by atoms with Crippen LogP contribution < -0.4 is 4.72 Å². The summed E-state index contributed by atoms with van der Waals surface area (Å²) in [6, 6.07) is 20.8. The van der Waals surface area contributed by atoms with Crippen molar-refractivity contribution in [2.75, 3.05) is 11.8 Å². The van der Waals surface area contributed by atoms with Gasteiger partial charge in [0.15, 0.2) is 5.82 Å². The number of carbonyl (C=O) groups excluding carboxylic acids is 1. The Balaban J connectivity index is 1.40. The van der Waals surface area contributed by atoms with E-state index in [0.717, 1.165) is 10.5 Å². The minimum atomic E-state index is -3.88. The number of methoxy groups -OCH3 is 1. The van der Waals surface area contributed by atoms with Gasteiger partial charge in [-0.3, -0.25) is 4.72 Å². The van der Waals surface area contributed by atoms with Crippen LogP contribution in [0.2, 0.25) is 0 Å². The number of nitrogens with zero attached hydrogens (tertiary/aromatic N) is 2. The van der Waals surface area contributed by atoms with Crippen LogP contribution >= 0.6 is 11.8 Å². The molecule has 4 rings (SSSR count). The fourth-order valence-electron chi connectivity index (χ4n) is 3.09. The molecule has 0 aliphatic rings. The third-order valence-corrected chi connectivity index (χ3v) is 7.27. The van der Waals surface area contributed by atoms with Crippen LogP contribution in [0.4, 0.5) is 5.69 Å². The van der Waals surface area contributed by atoms with E-state index in [0.29, 0.717) is 28.7 Å². The molecule has 0 bridgehead atoms. The number of rotatable bonds is 8. The summed E-state index contributed by atoms with van der Waals surface area (Å²) in [6.07, 6.45) is 0. The van der Waals surface area contributed by atoms with Crippen molar-refractivity contribution < 1.29 is 22.5 Å². The summed E-state index contributed by atoms with van der Waals surface area (Å²) in [5.41, 5.74) is 2.09. The van der Waals surface area contributed by atoms with Gasteiger partial charge in [-0.05, 0) is 61.0 Å². The first-order valence-corrected chi connectivity index (χ1v) is 12.7. The Morgan fingerprint density at radius 2 is 1.79 bits per heavy atom. The molecule has 34 heavy (non-hydrogen) atoms. The first-order chi connectivity index (χ1) is 16.4. The van der Waals surface area contributed by atoms with Gasteiger partial charge in [-0.15, -0.1) is 11.8 Å². The van der Waals surface area contributed by atoms with Gasteiger partial charge in [-0.1, -0.05) is 29.4 Å². The minimum Gasteiger partial charge on any atom is -0.465 e. The largest absolute Gasteiger partial charge is 0.465 e. The summed E-state index contributed by atoms with van der Waals surface area (Å²) in [6.45, 7) is 1.71. The van der Waals surface area contributed by atoms with Crippen LogP contribution in [0.1, 0.15) is 21.7 Å². The second-order valence-corrected chi connectivity index (χ2v) is 10.00. The van der Waals surface area contributed by atoms with Gasteiger partial charge in [0.2, 0.25) is 0 Å². The van der Waals surface area contributed by atoms with Crippen molar-refractivity contribution in [3.05, 3.63) is 89.7 Å². The smallest absolute Gasteiger partial charge is 0.338 e. The highest BCUT2D eigenvalue weighted by Crippen LogP contribution is 2.26. The maximum Gasteiger partial charge on any atom is 0.338 e. The van der Waals surface area contributed by atoms with Gasteiger partial charge >= 0.3 is 5.97 Å². The van der Waals surface area contributed by atoms with Crippen LogP contribution in [-0.4, -0.2) is 31.6 Å². The van der Waals surface area contributed by atoms with Gasteiger partial charge in [0.1, 0.15) is 0 Å². The van der Waals surface area contributed by atoms with Gasteiger partial charge in [0.25, 0.3) is 15.9 Å². The molecule has 0 spiro atoms. The molecule has 0 saturated carbocycles. The van der Waals surface area contributed by atoms with E-state index >= 15 is 0 Å². The molecule has 174 valence electrons. The van der Waals surface area contributed by atoms with Crippen LogP contribution in [0.3, 0.4) is 0 Å². The summed E-state index contributed by atoms with van der Waals surface area (Å²) < 4.78 is 38.2. The predicted molar refractivity (Wildman–Crippen MR) is 129 cm³/mol. The Morgan fingerprint density at radius 1 is 1.06 bits per heavy atom. The van der Waals surface area contributed by atoms with Crippen molar-refractivity contribution >= 4 is 33.4 Å². The molecule has 0 aliphatic heterocycles. The van der Waals surface area contributed by atoms with Gasteiger partial charge in [0.05, 0.1) is 23.3 Å². The highest BCUT2D eigenvalue weighted by Gasteiger charge is 2.19. The molecular weight excluding hydrogens is 474 g/mol. The summed E-state index contributed by atoms with van der Waals surface area (Å²) in [4.78, 5) is 17.2. The summed E-state index contributed by atoms with van der Waals surface area (Å²) in [5.74, 6) is 0.941. The predicted octanol–water partition coefficient (Wildman–Crippen LogP) is 4.92. The lowest BCUT2D eigenvalue weighted by molar-refractivity contribution is 0.0599. The third-order valence-electron chi connectivity index (χ3n) is 4.89. The fourth-order valence-corrected chi connectivity index (χ4v) is 4.92. The quantitative estimate of drug-likeness (QED) is 0.271. The number of esters is 1. The number of nitrogens with one attached hydrogen (secondary N) is 1. The van der Waals surface area contributed by atoms with E-state index in [4.69, 9.17) is 9.26 Å². The molecule has 0 unspecified atom stereocenters. The number of ether oxygens (including phenoxy) is 1. The molecule has 0 aliphatic carbocycles. The van der Waals surface area contributed by atoms with E-state index in [2.05, 4.69) is 14.9 Å². The van der Waals surface area contributed by atoms with Crippen LogP contribution in [0.15, 0.2) is 87.1 Å².